The second-order valence-electron chi connectivity index (χ2n) is 6.94. The quantitative estimate of drug-likeness (QED) is 0.825. The van der Waals surface area contributed by atoms with Crippen LogP contribution in [0.2, 0.25) is 0 Å². The Bertz CT molecular complexity index is 818. The van der Waals surface area contributed by atoms with Crippen LogP contribution in [0.1, 0.15) is 12.5 Å². The fraction of sp³-hybridized carbons (Fsp3) is 0.318. The molecular formula is C22H25F2N3O. The molecule has 4 nitrogen and oxygen atoms in total. The zero-order valence-corrected chi connectivity index (χ0v) is 15.9. The molecule has 0 bridgehead atoms. The van der Waals surface area contributed by atoms with Crippen LogP contribution in [0.25, 0.3) is 6.08 Å². The Morgan fingerprint density at radius 2 is 1.79 bits per heavy atom. The van der Waals surface area contributed by atoms with Gasteiger partial charge in [-0.1, -0.05) is 42.5 Å². The van der Waals surface area contributed by atoms with Gasteiger partial charge in [-0.25, -0.2) is 8.78 Å². The van der Waals surface area contributed by atoms with Crippen molar-refractivity contribution in [2.75, 3.05) is 38.0 Å². The molecule has 1 atom stereocenters. The number of amides is 1. The van der Waals surface area contributed by atoms with Gasteiger partial charge in [-0.05, 0) is 24.6 Å². The summed E-state index contributed by atoms with van der Waals surface area (Å²) >= 11 is 0. The van der Waals surface area contributed by atoms with Crippen LogP contribution in [0.4, 0.5) is 14.5 Å². The molecule has 0 spiro atoms. The van der Waals surface area contributed by atoms with Gasteiger partial charge in [-0.2, -0.15) is 0 Å². The maximum atomic E-state index is 13.3. The molecule has 1 N–H and O–H groups in total. The van der Waals surface area contributed by atoms with Crippen molar-refractivity contribution in [3.8, 4) is 0 Å². The van der Waals surface area contributed by atoms with Gasteiger partial charge >= 0.3 is 0 Å². The highest BCUT2D eigenvalue weighted by molar-refractivity contribution is 5.94. The molecule has 6 heteroatoms. The largest absolute Gasteiger partial charge is 0.325 e. The van der Waals surface area contributed by atoms with Crippen LogP contribution in [0.5, 0.6) is 0 Å². The third kappa shape index (κ3) is 5.47. The lowest BCUT2D eigenvalue weighted by Gasteiger charge is -2.37. The van der Waals surface area contributed by atoms with Crippen molar-refractivity contribution in [2.24, 2.45) is 0 Å². The van der Waals surface area contributed by atoms with Gasteiger partial charge in [0.05, 0.1) is 6.04 Å². The van der Waals surface area contributed by atoms with E-state index in [0.29, 0.717) is 0 Å². The Hall–Kier alpha value is -2.57. The summed E-state index contributed by atoms with van der Waals surface area (Å²) < 4.78 is 26.3. The van der Waals surface area contributed by atoms with Gasteiger partial charge in [-0.3, -0.25) is 14.6 Å². The number of carbonyl (C=O) groups is 1. The van der Waals surface area contributed by atoms with Gasteiger partial charge in [0.25, 0.3) is 0 Å². The average Bonchev–Trinajstić information content (AvgIpc) is 2.71. The third-order valence-corrected chi connectivity index (χ3v) is 4.99. The predicted octanol–water partition coefficient (Wildman–Crippen LogP) is 3.62. The summed E-state index contributed by atoms with van der Waals surface area (Å²) in [5.41, 5.74) is 1.45. The van der Waals surface area contributed by atoms with Crippen molar-refractivity contribution >= 4 is 17.7 Å². The van der Waals surface area contributed by atoms with Gasteiger partial charge in [-0.15, -0.1) is 0 Å². The van der Waals surface area contributed by atoms with Crippen LogP contribution >= 0.6 is 0 Å². The maximum Gasteiger partial charge on any atom is 0.241 e. The van der Waals surface area contributed by atoms with Gasteiger partial charge in [0, 0.05) is 44.5 Å². The molecule has 1 heterocycles. The van der Waals surface area contributed by atoms with Crippen molar-refractivity contribution in [2.45, 2.75) is 13.0 Å². The maximum absolute atomic E-state index is 13.3. The Morgan fingerprint density at radius 3 is 2.46 bits per heavy atom. The molecule has 0 aliphatic carbocycles. The smallest absolute Gasteiger partial charge is 0.241 e. The van der Waals surface area contributed by atoms with E-state index in [9.17, 15) is 13.6 Å². The van der Waals surface area contributed by atoms with Gasteiger partial charge in [0.1, 0.15) is 0 Å². The topological polar surface area (TPSA) is 35.6 Å². The molecule has 0 radical (unpaired) electrons. The number of anilines is 1. The van der Waals surface area contributed by atoms with Gasteiger partial charge in [0.15, 0.2) is 11.6 Å². The highest BCUT2D eigenvalue weighted by Crippen LogP contribution is 2.15. The highest BCUT2D eigenvalue weighted by atomic mass is 19.2. The molecule has 0 saturated carbocycles. The van der Waals surface area contributed by atoms with Crippen LogP contribution in [0.15, 0.2) is 54.6 Å². The number of rotatable bonds is 6. The van der Waals surface area contributed by atoms with E-state index in [4.69, 9.17) is 0 Å². The Kier molecular flexibility index (Phi) is 6.90. The second-order valence-corrected chi connectivity index (χ2v) is 6.94. The summed E-state index contributed by atoms with van der Waals surface area (Å²) in [7, 11) is 0. The van der Waals surface area contributed by atoms with E-state index in [0.717, 1.165) is 44.9 Å². The van der Waals surface area contributed by atoms with E-state index >= 15 is 0 Å². The second kappa shape index (κ2) is 9.57. The fourth-order valence-electron chi connectivity index (χ4n) is 3.22. The molecule has 0 aromatic heterocycles. The van der Waals surface area contributed by atoms with E-state index in [1.54, 1.807) is 0 Å². The Labute approximate surface area is 164 Å². The van der Waals surface area contributed by atoms with Crippen LogP contribution < -0.4 is 5.32 Å². The average molecular weight is 385 g/mol. The van der Waals surface area contributed by atoms with Crippen molar-refractivity contribution in [3.05, 3.63) is 71.8 Å². The summed E-state index contributed by atoms with van der Waals surface area (Å²) in [4.78, 5) is 16.9. The number of carbonyl (C=O) groups excluding carboxylic acids is 1. The first-order valence-corrected chi connectivity index (χ1v) is 9.47. The first-order chi connectivity index (χ1) is 13.5. The molecule has 1 saturated heterocycles. The highest BCUT2D eigenvalue weighted by Gasteiger charge is 2.25. The molecule has 28 heavy (non-hydrogen) atoms. The minimum atomic E-state index is -0.970. The number of nitrogens with zero attached hydrogens (tertiary/aromatic N) is 2. The lowest BCUT2D eigenvalue weighted by atomic mass is 10.2. The predicted molar refractivity (Wildman–Crippen MR) is 108 cm³/mol. The van der Waals surface area contributed by atoms with Crippen molar-refractivity contribution < 1.29 is 13.6 Å². The standard InChI is InChI=1S/C22H25F2N3O/c1-17(22(28)25-19-9-10-20(23)21(24)16-19)27-14-12-26(13-15-27)11-5-8-18-6-3-2-4-7-18/h2-10,16-17H,11-15H2,1H3,(H,25,28)/b8-5+/t17-/m0/s1. The number of nitrogens with one attached hydrogen (secondary N) is 1. The normalized spacial score (nSPS) is 17.0. The van der Waals surface area contributed by atoms with Crippen LogP contribution in [-0.4, -0.2) is 54.5 Å². The number of halogens is 2. The number of benzene rings is 2. The molecule has 2 aromatic carbocycles. The number of hydrogen-bond acceptors (Lipinski definition) is 3. The summed E-state index contributed by atoms with van der Waals surface area (Å²) in [5.74, 6) is -2.12. The lowest BCUT2D eigenvalue weighted by molar-refractivity contribution is -0.121. The van der Waals surface area contributed by atoms with Crippen molar-refractivity contribution in [1.29, 1.82) is 0 Å². The molecule has 1 aliphatic rings. The molecule has 1 amide bonds. The van der Waals surface area contributed by atoms with E-state index in [-0.39, 0.29) is 17.6 Å². The molecule has 1 fully saturated rings. The van der Waals surface area contributed by atoms with E-state index in [2.05, 4.69) is 39.4 Å². The zero-order chi connectivity index (χ0) is 19.9. The number of hydrogen-bond donors (Lipinski definition) is 1. The summed E-state index contributed by atoms with van der Waals surface area (Å²) in [6.45, 7) is 6.03. The summed E-state index contributed by atoms with van der Waals surface area (Å²) in [6, 6.07) is 13.2. The fourth-order valence-corrected chi connectivity index (χ4v) is 3.22. The summed E-state index contributed by atoms with van der Waals surface area (Å²) in [6.07, 6.45) is 4.27. The Balaban J connectivity index is 1.45. The first kappa shape index (κ1) is 20.2. The molecule has 3 rings (SSSR count). The van der Waals surface area contributed by atoms with E-state index in [1.165, 1.54) is 11.6 Å². The molecule has 148 valence electrons. The minimum Gasteiger partial charge on any atom is -0.325 e. The van der Waals surface area contributed by atoms with Crippen LogP contribution in [0.3, 0.4) is 0 Å². The van der Waals surface area contributed by atoms with Crippen LogP contribution in [0, 0.1) is 11.6 Å². The minimum absolute atomic E-state index is 0.219. The van der Waals surface area contributed by atoms with Gasteiger partial charge < -0.3 is 5.32 Å². The monoisotopic (exact) mass is 385 g/mol. The SMILES string of the molecule is C[C@@H](C(=O)Nc1ccc(F)c(F)c1)N1CCN(C/C=C/c2ccccc2)CC1. The van der Waals surface area contributed by atoms with Crippen molar-refractivity contribution in [1.82, 2.24) is 9.80 Å². The van der Waals surface area contributed by atoms with Crippen LogP contribution in [-0.2, 0) is 4.79 Å². The number of piperazine rings is 1. The van der Waals surface area contributed by atoms with Crippen molar-refractivity contribution in [3.63, 3.8) is 0 Å². The van der Waals surface area contributed by atoms with Gasteiger partial charge in [0.2, 0.25) is 5.91 Å². The Morgan fingerprint density at radius 1 is 1.07 bits per heavy atom. The summed E-state index contributed by atoms with van der Waals surface area (Å²) in [5, 5.41) is 2.66. The van der Waals surface area contributed by atoms with E-state index in [1.807, 2.05) is 25.1 Å². The first-order valence-electron chi connectivity index (χ1n) is 9.47. The molecular weight excluding hydrogens is 360 g/mol. The zero-order valence-electron chi connectivity index (χ0n) is 15.9. The molecule has 1 aliphatic heterocycles. The molecule has 2 aromatic rings. The molecule has 0 unspecified atom stereocenters. The third-order valence-electron chi connectivity index (χ3n) is 4.99. The lowest BCUT2D eigenvalue weighted by Crippen LogP contribution is -2.52. The van der Waals surface area contributed by atoms with E-state index < -0.39 is 11.6 Å².